The van der Waals surface area contributed by atoms with Gasteiger partial charge in [0, 0.05) is 58.0 Å². The van der Waals surface area contributed by atoms with Crippen LogP contribution >= 0.6 is 0 Å². The van der Waals surface area contributed by atoms with Crippen LogP contribution in [0.5, 0.6) is 0 Å². The van der Waals surface area contributed by atoms with E-state index in [2.05, 4.69) is 45.7 Å². The minimum absolute atomic E-state index is 0.0505. The van der Waals surface area contributed by atoms with Gasteiger partial charge in [-0.25, -0.2) is 0 Å². The number of carbonyl (C=O) groups is 1. The number of guanidine groups is 1. The lowest BCUT2D eigenvalue weighted by atomic mass is 9.96. The van der Waals surface area contributed by atoms with Crippen LogP contribution in [-0.2, 0) is 18.4 Å². The molecule has 7 nitrogen and oxygen atoms in total. The maximum absolute atomic E-state index is 11.9. The number of aryl methyl sites for hydroxylation is 1. The Hall–Kier alpha value is -2.05. The van der Waals surface area contributed by atoms with Crippen LogP contribution in [0.4, 0.5) is 0 Å². The van der Waals surface area contributed by atoms with Crippen molar-refractivity contribution in [2.45, 2.75) is 47.1 Å². The quantitative estimate of drug-likeness (QED) is 0.465. The molecule has 0 bridgehead atoms. The number of aliphatic imine (C=N–C) groups is 1. The molecule has 0 spiro atoms. The van der Waals surface area contributed by atoms with Gasteiger partial charge in [-0.1, -0.05) is 34.6 Å². The monoisotopic (exact) mass is 350 g/mol. The fourth-order valence-electron chi connectivity index (χ4n) is 2.49. The molecule has 0 aliphatic rings. The number of rotatable bonds is 6. The predicted molar refractivity (Wildman–Crippen MR) is 103 cm³/mol. The Morgan fingerprint density at radius 1 is 1.32 bits per heavy atom. The minimum Gasteiger partial charge on any atom is -0.354 e. The zero-order valence-electron chi connectivity index (χ0n) is 17.0. The van der Waals surface area contributed by atoms with Crippen LogP contribution in [0.15, 0.2) is 11.2 Å². The molecule has 1 aromatic rings. The Bertz CT molecular complexity index is 597. The molecule has 0 aromatic carbocycles. The van der Waals surface area contributed by atoms with E-state index < -0.39 is 0 Å². The molecule has 7 heteroatoms. The number of carbonyl (C=O) groups excluding carboxylic acids is 1. The molecular formula is C18H34N6O. The van der Waals surface area contributed by atoms with Crippen molar-refractivity contribution in [3.05, 3.63) is 17.5 Å². The molecule has 1 amide bonds. The Morgan fingerprint density at radius 2 is 1.92 bits per heavy atom. The number of nitrogens with one attached hydrogen (secondary N) is 2. The molecule has 0 saturated carbocycles. The lowest BCUT2D eigenvalue weighted by Gasteiger charge is -2.23. The summed E-state index contributed by atoms with van der Waals surface area (Å²) in [5, 5.41) is 10.8. The molecule has 0 fully saturated rings. The average Bonchev–Trinajstić information content (AvgIpc) is 2.86. The molecule has 0 radical (unpaired) electrons. The van der Waals surface area contributed by atoms with E-state index >= 15 is 0 Å². The number of hydrogen-bond acceptors (Lipinski definition) is 3. The summed E-state index contributed by atoms with van der Waals surface area (Å²) in [6.45, 7) is 11.9. The summed E-state index contributed by atoms with van der Waals surface area (Å²) in [5.41, 5.74) is 1.94. The third kappa shape index (κ3) is 6.40. The normalized spacial score (nSPS) is 12.4. The Morgan fingerprint density at radius 3 is 2.44 bits per heavy atom. The van der Waals surface area contributed by atoms with E-state index in [1.165, 1.54) is 5.56 Å². The predicted octanol–water partition coefficient (Wildman–Crippen LogP) is 1.71. The van der Waals surface area contributed by atoms with Gasteiger partial charge in [0.1, 0.15) is 0 Å². The van der Waals surface area contributed by atoms with E-state index in [1.807, 2.05) is 39.5 Å². The van der Waals surface area contributed by atoms with Gasteiger partial charge in [0.15, 0.2) is 5.96 Å². The van der Waals surface area contributed by atoms with Crippen molar-refractivity contribution >= 4 is 11.9 Å². The first kappa shape index (κ1) is 21.0. The molecule has 0 aliphatic carbocycles. The van der Waals surface area contributed by atoms with Crippen LogP contribution in [0.2, 0.25) is 0 Å². The number of amides is 1. The second-order valence-corrected chi connectivity index (χ2v) is 7.70. The van der Waals surface area contributed by atoms with Gasteiger partial charge in [-0.2, -0.15) is 5.10 Å². The topological polar surface area (TPSA) is 74.6 Å². The first-order valence-corrected chi connectivity index (χ1v) is 8.78. The van der Waals surface area contributed by atoms with Gasteiger partial charge in [0.2, 0.25) is 5.91 Å². The van der Waals surface area contributed by atoms with Gasteiger partial charge in [-0.3, -0.25) is 14.5 Å². The molecular weight excluding hydrogens is 316 g/mol. The molecule has 0 atom stereocenters. The minimum atomic E-state index is -0.369. The smallest absolute Gasteiger partial charge is 0.225 e. The van der Waals surface area contributed by atoms with Crippen LogP contribution in [-0.4, -0.2) is 53.7 Å². The summed E-state index contributed by atoms with van der Waals surface area (Å²) in [6, 6.07) is 0. The fourth-order valence-corrected chi connectivity index (χ4v) is 2.49. The van der Waals surface area contributed by atoms with Crippen molar-refractivity contribution in [3.8, 4) is 0 Å². The SMILES string of the molecule is CN=C(NCCNC(=O)C(C)(C)C)N(C)Cc1cn(C)nc1C(C)C. The molecule has 1 heterocycles. The van der Waals surface area contributed by atoms with Crippen molar-refractivity contribution < 1.29 is 4.79 Å². The van der Waals surface area contributed by atoms with Crippen molar-refractivity contribution in [3.63, 3.8) is 0 Å². The van der Waals surface area contributed by atoms with Crippen molar-refractivity contribution in [2.75, 3.05) is 27.2 Å². The molecule has 0 aliphatic heterocycles. The number of aromatic nitrogens is 2. The Labute approximate surface area is 151 Å². The van der Waals surface area contributed by atoms with E-state index in [4.69, 9.17) is 0 Å². The van der Waals surface area contributed by atoms with E-state index in [9.17, 15) is 4.79 Å². The van der Waals surface area contributed by atoms with Crippen LogP contribution in [0.25, 0.3) is 0 Å². The standard InChI is InChI=1S/C18H34N6O/c1-13(2)15-14(12-24(8)22-15)11-23(7)17(19-6)21-10-9-20-16(25)18(3,4)5/h12-13H,9-11H2,1-8H3,(H,19,21)(H,20,25). The average molecular weight is 351 g/mol. The van der Waals surface area contributed by atoms with Crippen LogP contribution in [0, 0.1) is 5.41 Å². The first-order chi connectivity index (χ1) is 11.6. The lowest BCUT2D eigenvalue weighted by molar-refractivity contribution is -0.128. The largest absolute Gasteiger partial charge is 0.354 e. The molecule has 1 rings (SSSR count). The van der Waals surface area contributed by atoms with Crippen LogP contribution in [0.3, 0.4) is 0 Å². The van der Waals surface area contributed by atoms with Crippen LogP contribution < -0.4 is 10.6 Å². The van der Waals surface area contributed by atoms with Gasteiger partial charge < -0.3 is 15.5 Å². The van der Waals surface area contributed by atoms with Gasteiger partial charge in [-0.15, -0.1) is 0 Å². The summed E-state index contributed by atoms with van der Waals surface area (Å²) >= 11 is 0. The summed E-state index contributed by atoms with van der Waals surface area (Å²) in [7, 11) is 5.71. The molecule has 25 heavy (non-hydrogen) atoms. The van der Waals surface area contributed by atoms with E-state index in [-0.39, 0.29) is 11.3 Å². The van der Waals surface area contributed by atoms with E-state index in [0.717, 1.165) is 18.2 Å². The summed E-state index contributed by atoms with van der Waals surface area (Å²) in [5.74, 6) is 1.23. The molecule has 0 saturated heterocycles. The second-order valence-electron chi connectivity index (χ2n) is 7.70. The van der Waals surface area contributed by atoms with Crippen molar-refractivity contribution in [1.82, 2.24) is 25.3 Å². The number of hydrogen-bond donors (Lipinski definition) is 2. The van der Waals surface area contributed by atoms with Gasteiger partial charge in [-0.05, 0) is 5.92 Å². The third-order valence-electron chi connectivity index (χ3n) is 3.84. The zero-order chi connectivity index (χ0) is 19.2. The van der Waals surface area contributed by atoms with Crippen LogP contribution in [0.1, 0.15) is 51.8 Å². The Balaban J connectivity index is 2.56. The summed E-state index contributed by atoms with van der Waals surface area (Å²) in [4.78, 5) is 18.3. The maximum Gasteiger partial charge on any atom is 0.225 e. The van der Waals surface area contributed by atoms with Crippen molar-refractivity contribution in [1.29, 1.82) is 0 Å². The Kier molecular flexibility index (Phi) is 7.45. The second kappa shape index (κ2) is 8.87. The maximum atomic E-state index is 11.9. The summed E-state index contributed by atoms with van der Waals surface area (Å²) < 4.78 is 1.86. The summed E-state index contributed by atoms with van der Waals surface area (Å²) in [6.07, 6.45) is 2.06. The fraction of sp³-hybridized carbons (Fsp3) is 0.722. The van der Waals surface area contributed by atoms with E-state index in [0.29, 0.717) is 19.0 Å². The van der Waals surface area contributed by atoms with Gasteiger partial charge >= 0.3 is 0 Å². The first-order valence-electron chi connectivity index (χ1n) is 8.78. The molecule has 142 valence electrons. The van der Waals surface area contributed by atoms with Gasteiger partial charge in [0.05, 0.1) is 5.69 Å². The van der Waals surface area contributed by atoms with E-state index in [1.54, 1.807) is 7.05 Å². The molecule has 2 N–H and O–H groups in total. The highest BCUT2D eigenvalue weighted by Crippen LogP contribution is 2.18. The lowest BCUT2D eigenvalue weighted by Crippen LogP contribution is -2.44. The van der Waals surface area contributed by atoms with Gasteiger partial charge in [0.25, 0.3) is 0 Å². The highest BCUT2D eigenvalue weighted by Gasteiger charge is 2.20. The highest BCUT2D eigenvalue weighted by molar-refractivity contribution is 5.81. The molecule has 1 aromatic heterocycles. The van der Waals surface area contributed by atoms with Crippen molar-refractivity contribution in [2.24, 2.45) is 17.5 Å². The third-order valence-corrected chi connectivity index (χ3v) is 3.84. The number of nitrogens with zero attached hydrogens (tertiary/aromatic N) is 4. The zero-order valence-corrected chi connectivity index (χ0v) is 17.0. The highest BCUT2D eigenvalue weighted by atomic mass is 16.2. The molecule has 0 unspecified atom stereocenters.